The topological polar surface area (TPSA) is 58.1 Å². The van der Waals surface area contributed by atoms with Crippen LogP contribution >= 0.6 is 0 Å². The molecule has 0 fully saturated rings. The van der Waals surface area contributed by atoms with Crippen LogP contribution in [0.4, 0.5) is 11.5 Å². The first kappa shape index (κ1) is 17.6. The summed E-state index contributed by atoms with van der Waals surface area (Å²) in [6.45, 7) is 5.31. The minimum atomic E-state index is -0.228. The Kier molecular flexibility index (Phi) is 5.59. The summed E-state index contributed by atoms with van der Waals surface area (Å²) < 4.78 is 0. The van der Waals surface area contributed by atoms with E-state index < -0.39 is 0 Å². The Morgan fingerprint density at radius 2 is 1.85 bits per heavy atom. The van der Waals surface area contributed by atoms with Crippen LogP contribution in [0.2, 0.25) is 0 Å². The molecule has 1 aromatic heterocycles. The van der Waals surface area contributed by atoms with Gasteiger partial charge in [0.15, 0.2) is 5.82 Å². The van der Waals surface area contributed by atoms with E-state index in [1.165, 1.54) is 11.8 Å². The fraction of sp³-hybridized carbons (Fsp3) is 0.190. The molecule has 0 saturated heterocycles. The van der Waals surface area contributed by atoms with E-state index in [9.17, 15) is 4.79 Å². The van der Waals surface area contributed by atoms with Gasteiger partial charge in [0, 0.05) is 18.8 Å². The van der Waals surface area contributed by atoms with Crippen LogP contribution in [0.3, 0.4) is 0 Å². The second-order valence-corrected chi connectivity index (χ2v) is 6.01. The van der Waals surface area contributed by atoms with Crippen molar-refractivity contribution in [2.45, 2.75) is 20.4 Å². The highest BCUT2D eigenvalue weighted by atomic mass is 16.1. The van der Waals surface area contributed by atoms with Gasteiger partial charge in [-0.25, -0.2) is 9.97 Å². The van der Waals surface area contributed by atoms with Gasteiger partial charge in [-0.3, -0.25) is 4.79 Å². The third-order valence-electron chi connectivity index (χ3n) is 4.07. The molecule has 0 aliphatic rings. The van der Waals surface area contributed by atoms with E-state index >= 15 is 0 Å². The fourth-order valence-electron chi connectivity index (χ4n) is 2.76. The monoisotopic (exact) mass is 346 g/mol. The zero-order chi connectivity index (χ0) is 18.4. The number of aromatic nitrogens is 2. The molecule has 1 N–H and O–H groups in total. The summed E-state index contributed by atoms with van der Waals surface area (Å²) in [5, 5.41) is 2.88. The summed E-state index contributed by atoms with van der Waals surface area (Å²) in [5.41, 5.74) is 3.58. The highest BCUT2D eigenvalue weighted by molar-refractivity contribution is 5.92. The Labute approximate surface area is 153 Å². The fourth-order valence-corrected chi connectivity index (χ4v) is 2.76. The summed E-state index contributed by atoms with van der Waals surface area (Å²) in [4.78, 5) is 23.0. The van der Waals surface area contributed by atoms with E-state index in [2.05, 4.69) is 22.2 Å². The molecule has 5 nitrogen and oxygen atoms in total. The largest absolute Gasteiger partial charge is 0.347 e. The van der Waals surface area contributed by atoms with Crippen LogP contribution in [0.1, 0.15) is 28.5 Å². The first-order valence-corrected chi connectivity index (χ1v) is 8.65. The number of anilines is 2. The SMILES string of the molecule is CCN(c1ccccc1)c1cnc(C(=O)NCc2cccc(C)c2)cn1. The number of hydrogen-bond donors (Lipinski definition) is 1. The molecule has 132 valence electrons. The number of rotatable bonds is 6. The van der Waals surface area contributed by atoms with Gasteiger partial charge in [-0.2, -0.15) is 0 Å². The Bertz CT molecular complexity index is 863. The van der Waals surface area contributed by atoms with Gasteiger partial charge in [0.05, 0.1) is 12.4 Å². The van der Waals surface area contributed by atoms with Crippen molar-refractivity contribution < 1.29 is 4.79 Å². The Balaban J connectivity index is 1.67. The average molecular weight is 346 g/mol. The van der Waals surface area contributed by atoms with E-state index in [4.69, 9.17) is 0 Å². The van der Waals surface area contributed by atoms with Crippen molar-refractivity contribution in [3.63, 3.8) is 0 Å². The number of hydrogen-bond acceptors (Lipinski definition) is 4. The van der Waals surface area contributed by atoms with E-state index in [1.807, 2.05) is 66.4 Å². The third-order valence-corrected chi connectivity index (χ3v) is 4.07. The predicted molar refractivity (Wildman–Crippen MR) is 104 cm³/mol. The van der Waals surface area contributed by atoms with Gasteiger partial charge in [0.1, 0.15) is 5.69 Å². The summed E-state index contributed by atoms with van der Waals surface area (Å²) in [7, 11) is 0. The summed E-state index contributed by atoms with van der Waals surface area (Å²) >= 11 is 0. The van der Waals surface area contributed by atoms with Crippen LogP contribution in [0.15, 0.2) is 67.0 Å². The Morgan fingerprint density at radius 3 is 2.50 bits per heavy atom. The third kappa shape index (κ3) is 4.25. The average Bonchev–Trinajstić information content (AvgIpc) is 2.68. The molecular formula is C21H22N4O. The molecule has 26 heavy (non-hydrogen) atoms. The van der Waals surface area contributed by atoms with E-state index in [0.29, 0.717) is 18.1 Å². The molecule has 0 unspecified atom stereocenters. The molecule has 1 amide bonds. The molecule has 0 radical (unpaired) electrons. The first-order valence-electron chi connectivity index (χ1n) is 8.65. The number of benzene rings is 2. The van der Waals surface area contributed by atoms with Crippen LogP contribution < -0.4 is 10.2 Å². The molecule has 3 rings (SSSR count). The lowest BCUT2D eigenvalue weighted by molar-refractivity contribution is 0.0945. The van der Waals surface area contributed by atoms with Crippen LogP contribution in [0.25, 0.3) is 0 Å². The minimum absolute atomic E-state index is 0.228. The number of carbonyl (C=O) groups excluding carboxylic acids is 1. The van der Waals surface area contributed by atoms with E-state index in [1.54, 1.807) is 6.20 Å². The molecule has 3 aromatic rings. The maximum atomic E-state index is 12.3. The van der Waals surface area contributed by atoms with E-state index in [-0.39, 0.29) is 5.91 Å². The van der Waals surface area contributed by atoms with Crippen molar-refractivity contribution in [1.29, 1.82) is 0 Å². The van der Waals surface area contributed by atoms with Gasteiger partial charge in [0.2, 0.25) is 0 Å². The zero-order valence-electron chi connectivity index (χ0n) is 15.0. The standard InChI is InChI=1S/C21H22N4O/c1-3-25(18-10-5-4-6-11-18)20-15-22-19(14-23-20)21(26)24-13-17-9-7-8-16(2)12-17/h4-12,14-15H,3,13H2,1-2H3,(H,24,26). The summed E-state index contributed by atoms with van der Waals surface area (Å²) in [6, 6.07) is 18.0. The number of carbonyl (C=O) groups is 1. The zero-order valence-corrected chi connectivity index (χ0v) is 15.0. The quantitative estimate of drug-likeness (QED) is 0.736. The number of aryl methyl sites for hydroxylation is 1. The van der Waals surface area contributed by atoms with Gasteiger partial charge in [-0.15, -0.1) is 0 Å². The van der Waals surface area contributed by atoms with Gasteiger partial charge < -0.3 is 10.2 Å². The van der Waals surface area contributed by atoms with Crippen molar-refractivity contribution >= 4 is 17.4 Å². The summed E-state index contributed by atoms with van der Waals surface area (Å²) in [6.07, 6.45) is 3.16. The van der Waals surface area contributed by atoms with Crippen molar-refractivity contribution in [2.75, 3.05) is 11.4 Å². The van der Waals surface area contributed by atoms with Crippen LogP contribution in [-0.4, -0.2) is 22.4 Å². The van der Waals surface area contributed by atoms with Crippen molar-refractivity contribution in [1.82, 2.24) is 15.3 Å². The van der Waals surface area contributed by atoms with Crippen LogP contribution in [0, 0.1) is 6.92 Å². The Morgan fingerprint density at radius 1 is 1.04 bits per heavy atom. The molecule has 0 aliphatic heterocycles. The molecule has 0 saturated carbocycles. The number of amides is 1. The van der Waals surface area contributed by atoms with Crippen LogP contribution in [0.5, 0.6) is 0 Å². The second kappa shape index (κ2) is 8.25. The molecule has 0 atom stereocenters. The van der Waals surface area contributed by atoms with Crippen molar-refractivity contribution in [2.24, 2.45) is 0 Å². The van der Waals surface area contributed by atoms with Gasteiger partial charge in [0.25, 0.3) is 5.91 Å². The van der Waals surface area contributed by atoms with E-state index in [0.717, 1.165) is 17.8 Å². The second-order valence-electron chi connectivity index (χ2n) is 6.01. The molecular weight excluding hydrogens is 324 g/mol. The maximum Gasteiger partial charge on any atom is 0.271 e. The lowest BCUT2D eigenvalue weighted by atomic mass is 10.1. The first-order chi connectivity index (χ1) is 12.7. The smallest absolute Gasteiger partial charge is 0.271 e. The molecule has 2 aromatic carbocycles. The molecule has 5 heteroatoms. The van der Waals surface area contributed by atoms with Gasteiger partial charge in [-0.1, -0.05) is 48.0 Å². The van der Waals surface area contributed by atoms with Crippen LogP contribution in [-0.2, 0) is 6.54 Å². The Hall–Kier alpha value is -3.21. The lowest BCUT2D eigenvalue weighted by Crippen LogP contribution is -2.24. The molecule has 0 spiro atoms. The molecule has 0 aliphatic carbocycles. The van der Waals surface area contributed by atoms with Crippen molar-refractivity contribution in [3.05, 3.63) is 83.8 Å². The van der Waals surface area contributed by atoms with Gasteiger partial charge in [-0.05, 0) is 31.5 Å². The molecule has 0 bridgehead atoms. The van der Waals surface area contributed by atoms with Crippen molar-refractivity contribution in [3.8, 4) is 0 Å². The summed E-state index contributed by atoms with van der Waals surface area (Å²) in [5.74, 6) is 0.488. The minimum Gasteiger partial charge on any atom is -0.347 e. The highest BCUT2D eigenvalue weighted by Crippen LogP contribution is 2.21. The predicted octanol–water partition coefficient (Wildman–Crippen LogP) is 3.87. The maximum absolute atomic E-state index is 12.3. The highest BCUT2D eigenvalue weighted by Gasteiger charge is 2.12. The number of para-hydroxylation sites is 1. The van der Waals surface area contributed by atoms with Gasteiger partial charge >= 0.3 is 0 Å². The molecule has 1 heterocycles. The number of nitrogens with one attached hydrogen (secondary N) is 1. The lowest BCUT2D eigenvalue weighted by Gasteiger charge is -2.21. The number of nitrogens with zero attached hydrogens (tertiary/aromatic N) is 3. The normalized spacial score (nSPS) is 10.4.